The SMILES string of the molecule is COc1cccc(C(=O)N2CCOCC2CCc2nccnc2C)c1. The molecule has 6 nitrogen and oxygen atoms in total. The van der Waals surface area contributed by atoms with Gasteiger partial charge in [0, 0.05) is 24.5 Å². The zero-order chi connectivity index (χ0) is 17.6. The van der Waals surface area contributed by atoms with E-state index in [1.165, 1.54) is 0 Å². The molecule has 0 spiro atoms. The highest BCUT2D eigenvalue weighted by Crippen LogP contribution is 2.20. The Labute approximate surface area is 147 Å². The van der Waals surface area contributed by atoms with Gasteiger partial charge in [0.15, 0.2) is 0 Å². The second-order valence-electron chi connectivity index (χ2n) is 6.09. The van der Waals surface area contributed by atoms with Gasteiger partial charge in [-0.25, -0.2) is 0 Å². The Morgan fingerprint density at radius 1 is 1.36 bits per heavy atom. The van der Waals surface area contributed by atoms with Crippen LogP contribution in [0.3, 0.4) is 0 Å². The van der Waals surface area contributed by atoms with E-state index >= 15 is 0 Å². The Hall–Kier alpha value is -2.47. The minimum absolute atomic E-state index is 0.0167. The third kappa shape index (κ3) is 4.14. The number of rotatable bonds is 5. The number of carbonyl (C=O) groups is 1. The van der Waals surface area contributed by atoms with Crippen LogP contribution in [0.5, 0.6) is 5.75 Å². The van der Waals surface area contributed by atoms with Gasteiger partial charge in [0.2, 0.25) is 0 Å². The zero-order valence-electron chi connectivity index (χ0n) is 14.6. The quantitative estimate of drug-likeness (QED) is 0.835. The lowest BCUT2D eigenvalue weighted by atomic mass is 10.0. The Bertz CT molecular complexity index is 735. The number of nitrogens with zero attached hydrogens (tertiary/aromatic N) is 3. The van der Waals surface area contributed by atoms with Crippen LogP contribution in [0.2, 0.25) is 0 Å². The second-order valence-corrected chi connectivity index (χ2v) is 6.09. The number of benzene rings is 1. The monoisotopic (exact) mass is 341 g/mol. The van der Waals surface area contributed by atoms with E-state index in [4.69, 9.17) is 9.47 Å². The maximum atomic E-state index is 12.9. The van der Waals surface area contributed by atoms with Crippen molar-refractivity contribution >= 4 is 5.91 Å². The molecule has 6 heteroatoms. The Kier molecular flexibility index (Phi) is 5.60. The molecule has 132 valence electrons. The third-order valence-corrected chi connectivity index (χ3v) is 4.50. The molecule has 1 saturated heterocycles. The van der Waals surface area contributed by atoms with Crippen LogP contribution >= 0.6 is 0 Å². The Balaban J connectivity index is 1.71. The fourth-order valence-electron chi connectivity index (χ4n) is 3.07. The minimum atomic E-state index is 0.0167. The lowest BCUT2D eigenvalue weighted by molar-refractivity contribution is -0.00415. The van der Waals surface area contributed by atoms with Gasteiger partial charge < -0.3 is 14.4 Å². The van der Waals surface area contributed by atoms with Crippen molar-refractivity contribution in [3.05, 3.63) is 53.6 Å². The van der Waals surface area contributed by atoms with Gasteiger partial charge in [-0.05, 0) is 38.0 Å². The first-order chi connectivity index (χ1) is 12.2. The van der Waals surface area contributed by atoms with Crippen molar-refractivity contribution < 1.29 is 14.3 Å². The van der Waals surface area contributed by atoms with E-state index < -0.39 is 0 Å². The molecule has 0 N–H and O–H groups in total. The molecule has 0 radical (unpaired) electrons. The van der Waals surface area contributed by atoms with Crippen LogP contribution in [0.1, 0.15) is 28.2 Å². The molecule has 1 unspecified atom stereocenters. The summed E-state index contributed by atoms with van der Waals surface area (Å²) in [5, 5.41) is 0. The van der Waals surface area contributed by atoms with Crippen molar-refractivity contribution in [3.63, 3.8) is 0 Å². The third-order valence-electron chi connectivity index (χ3n) is 4.50. The van der Waals surface area contributed by atoms with Crippen LogP contribution in [-0.2, 0) is 11.2 Å². The molecule has 0 bridgehead atoms. The number of hydrogen-bond acceptors (Lipinski definition) is 5. The summed E-state index contributed by atoms with van der Waals surface area (Å²) < 4.78 is 10.8. The minimum Gasteiger partial charge on any atom is -0.497 e. The maximum absolute atomic E-state index is 12.9. The Morgan fingerprint density at radius 3 is 3.00 bits per heavy atom. The van der Waals surface area contributed by atoms with E-state index in [1.807, 2.05) is 30.0 Å². The molecule has 1 atom stereocenters. The number of aryl methyl sites for hydroxylation is 2. The highest BCUT2D eigenvalue weighted by molar-refractivity contribution is 5.94. The van der Waals surface area contributed by atoms with E-state index in [-0.39, 0.29) is 11.9 Å². The van der Waals surface area contributed by atoms with Crippen LogP contribution in [0.15, 0.2) is 36.7 Å². The van der Waals surface area contributed by atoms with Crippen LogP contribution in [0.4, 0.5) is 0 Å². The highest BCUT2D eigenvalue weighted by atomic mass is 16.5. The molecule has 2 aromatic rings. The number of hydrogen-bond donors (Lipinski definition) is 0. The molecule has 1 aliphatic rings. The van der Waals surface area contributed by atoms with Crippen LogP contribution < -0.4 is 4.74 Å². The molecule has 1 fully saturated rings. The average Bonchev–Trinajstić information content (AvgIpc) is 2.67. The summed E-state index contributed by atoms with van der Waals surface area (Å²) in [5.74, 6) is 0.703. The highest BCUT2D eigenvalue weighted by Gasteiger charge is 2.28. The number of morpholine rings is 1. The predicted molar refractivity (Wildman–Crippen MR) is 93.7 cm³/mol. The van der Waals surface area contributed by atoms with E-state index in [0.29, 0.717) is 31.1 Å². The first-order valence-corrected chi connectivity index (χ1v) is 8.48. The van der Waals surface area contributed by atoms with Crippen molar-refractivity contribution in [1.29, 1.82) is 0 Å². The van der Waals surface area contributed by atoms with Crippen LogP contribution in [-0.4, -0.2) is 53.7 Å². The number of methoxy groups -OCH3 is 1. The van der Waals surface area contributed by atoms with Gasteiger partial charge >= 0.3 is 0 Å². The molecule has 1 aromatic carbocycles. The average molecular weight is 341 g/mol. The van der Waals surface area contributed by atoms with Crippen molar-refractivity contribution in [3.8, 4) is 5.75 Å². The fourth-order valence-corrected chi connectivity index (χ4v) is 3.07. The van der Waals surface area contributed by atoms with Gasteiger partial charge in [-0.1, -0.05) is 6.07 Å². The van der Waals surface area contributed by atoms with Gasteiger partial charge in [-0.15, -0.1) is 0 Å². The summed E-state index contributed by atoms with van der Waals surface area (Å²) in [6.45, 7) is 3.67. The van der Waals surface area contributed by atoms with E-state index in [0.717, 1.165) is 24.2 Å². The van der Waals surface area contributed by atoms with Gasteiger partial charge in [0.05, 0.1) is 37.8 Å². The molecule has 1 amide bonds. The first-order valence-electron chi connectivity index (χ1n) is 8.48. The summed E-state index contributed by atoms with van der Waals surface area (Å²) in [5.41, 5.74) is 2.55. The normalized spacial score (nSPS) is 17.4. The van der Waals surface area contributed by atoms with Crippen LogP contribution in [0.25, 0.3) is 0 Å². The second kappa shape index (κ2) is 8.07. The standard InChI is InChI=1S/C19H23N3O3/c1-14-18(21-9-8-20-14)7-6-16-13-25-11-10-22(16)19(23)15-4-3-5-17(12-15)24-2/h3-5,8-9,12,16H,6-7,10-11,13H2,1-2H3. The van der Waals surface area contributed by atoms with Gasteiger partial charge in [0.25, 0.3) is 5.91 Å². The number of aromatic nitrogens is 2. The molecule has 0 aliphatic carbocycles. The van der Waals surface area contributed by atoms with Crippen molar-refractivity contribution in [2.24, 2.45) is 0 Å². The van der Waals surface area contributed by atoms with Crippen LogP contribution in [0, 0.1) is 6.92 Å². The number of amides is 1. The van der Waals surface area contributed by atoms with E-state index in [9.17, 15) is 4.79 Å². The van der Waals surface area contributed by atoms with E-state index in [1.54, 1.807) is 25.6 Å². The lowest BCUT2D eigenvalue weighted by Crippen LogP contribution is -2.48. The molecule has 0 saturated carbocycles. The van der Waals surface area contributed by atoms with Crippen molar-refractivity contribution in [2.45, 2.75) is 25.8 Å². The summed E-state index contributed by atoms with van der Waals surface area (Å²) in [4.78, 5) is 23.5. The maximum Gasteiger partial charge on any atom is 0.254 e. The summed E-state index contributed by atoms with van der Waals surface area (Å²) in [6.07, 6.45) is 4.98. The summed E-state index contributed by atoms with van der Waals surface area (Å²) in [6, 6.07) is 7.31. The fraction of sp³-hybridized carbons (Fsp3) is 0.421. The smallest absolute Gasteiger partial charge is 0.254 e. The van der Waals surface area contributed by atoms with Crippen molar-refractivity contribution in [1.82, 2.24) is 14.9 Å². The molecule has 3 rings (SSSR count). The van der Waals surface area contributed by atoms with Gasteiger partial charge in [-0.3, -0.25) is 14.8 Å². The number of carbonyl (C=O) groups excluding carboxylic acids is 1. The topological polar surface area (TPSA) is 64.5 Å². The molecular weight excluding hydrogens is 318 g/mol. The lowest BCUT2D eigenvalue weighted by Gasteiger charge is -2.36. The summed E-state index contributed by atoms with van der Waals surface area (Å²) in [7, 11) is 1.60. The molecular formula is C19H23N3O3. The van der Waals surface area contributed by atoms with E-state index in [2.05, 4.69) is 9.97 Å². The zero-order valence-corrected chi connectivity index (χ0v) is 14.6. The largest absolute Gasteiger partial charge is 0.497 e. The molecule has 1 aromatic heterocycles. The molecule has 2 heterocycles. The first kappa shape index (κ1) is 17.4. The number of ether oxygens (including phenoxy) is 2. The van der Waals surface area contributed by atoms with Gasteiger partial charge in [-0.2, -0.15) is 0 Å². The molecule has 25 heavy (non-hydrogen) atoms. The summed E-state index contributed by atoms with van der Waals surface area (Å²) >= 11 is 0. The predicted octanol–water partition coefficient (Wildman–Crippen LogP) is 2.27. The van der Waals surface area contributed by atoms with Crippen molar-refractivity contribution in [2.75, 3.05) is 26.9 Å². The molecule has 1 aliphatic heterocycles. The van der Waals surface area contributed by atoms with Gasteiger partial charge in [0.1, 0.15) is 5.75 Å². The Morgan fingerprint density at radius 2 is 2.20 bits per heavy atom.